The van der Waals surface area contributed by atoms with Crippen molar-refractivity contribution in [1.82, 2.24) is 10.6 Å². The maximum atomic E-state index is 12.0. The molecule has 0 aromatic heterocycles. The third-order valence-electron chi connectivity index (χ3n) is 4.67. The fourth-order valence-corrected chi connectivity index (χ4v) is 4.05. The molecule has 2 amide bonds. The minimum atomic E-state index is -0.582. The number of carbonyl (C=O) groups excluding carboxylic acids is 4. The van der Waals surface area contributed by atoms with E-state index in [9.17, 15) is 19.2 Å². The molecular formula is C20H34N2O8. The zero-order chi connectivity index (χ0) is 22.8. The van der Waals surface area contributed by atoms with Crippen LogP contribution in [0.25, 0.3) is 0 Å². The Balaban J connectivity index is 2.47. The van der Waals surface area contributed by atoms with Gasteiger partial charge in [-0.3, -0.25) is 9.59 Å². The van der Waals surface area contributed by atoms with E-state index in [-0.39, 0.29) is 43.3 Å². The molecule has 1 fully saturated rings. The molecule has 0 heterocycles. The molecule has 0 aromatic carbocycles. The summed E-state index contributed by atoms with van der Waals surface area (Å²) < 4.78 is 19.5. The second-order valence-electron chi connectivity index (χ2n) is 8.71. The predicted molar refractivity (Wildman–Crippen MR) is 107 cm³/mol. The van der Waals surface area contributed by atoms with Crippen LogP contribution >= 0.6 is 0 Å². The van der Waals surface area contributed by atoms with Gasteiger partial charge in [-0.25, -0.2) is 9.59 Å². The second kappa shape index (κ2) is 11.6. The van der Waals surface area contributed by atoms with Crippen molar-refractivity contribution in [1.29, 1.82) is 0 Å². The maximum Gasteiger partial charge on any atom is 0.407 e. The minimum Gasteiger partial charge on any atom is -0.462 e. The molecule has 10 heteroatoms. The van der Waals surface area contributed by atoms with Gasteiger partial charge in [-0.2, -0.15) is 0 Å². The molecule has 0 radical (unpaired) electrons. The lowest BCUT2D eigenvalue weighted by atomic mass is 9.62. The van der Waals surface area contributed by atoms with Crippen LogP contribution in [0.1, 0.15) is 53.9 Å². The number of nitrogens with one attached hydrogen (secondary N) is 2. The Bertz CT molecular complexity index is 622. The lowest BCUT2D eigenvalue weighted by Gasteiger charge is -2.46. The Hall–Kier alpha value is -2.52. The SMILES string of the molecule is CC(=O)OCCOC(=O)NCC1(C)CC(NC(=O)OCCOC(C)=O)CC(C)(C)C1. The number of ether oxygens (including phenoxy) is 4. The molecular weight excluding hydrogens is 396 g/mol. The summed E-state index contributed by atoms with van der Waals surface area (Å²) in [5.41, 5.74) is -0.310. The summed E-state index contributed by atoms with van der Waals surface area (Å²) in [4.78, 5) is 45.3. The van der Waals surface area contributed by atoms with E-state index >= 15 is 0 Å². The van der Waals surface area contributed by atoms with Crippen molar-refractivity contribution in [3.05, 3.63) is 0 Å². The lowest BCUT2D eigenvalue weighted by Crippen LogP contribution is -2.50. The number of esters is 2. The van der Waals surface area contributed by atoms with E-state index in [0.717, 1.165) is 12.8 Å². The first-order chi connectivity index (χ1) is 13.9. The van der Waals surface area contributed by atoms with Gasteiger partial charge < -0.3 is 29.6 Å². The summed E-state index contributed by atoms with van der Waals surface area (Å²) in [7, 11) is 0. The van der Waals surface area contributed by atoms with Crippen LogP contribution < -0.4 is 10.6 Å². The number of hydrogen-bond donors (Lipinski definition) is 2. The van der Waals surface area contributed by atoms with Gasteiger partial charge in [0.05, 0.1) is 0 Å². The summed E-state index contributed by atoms with van der Waals surface area (Å²) in [5.74, 6) is -0.861. The van der Waals surface area contributed by atoms with Crippen LogP contribution in [0.3, 0.4) is 0 Å². The molecule has 0 aromatic rings. The standard InChI is InChI=1S/C20H34N2O8/c1-14(23)27-6-8-29-17(25)21-13-20(5)11-16(10-19(3,4)12-20)22-18(26)30-9-7-28-15(2)24/h16H,6-13H2,1-5H3,(H,21,25)(H,22,26). The summed E-state index contributed by atoms with van der Waals surface area (Å²) in [5, 5.41) is 5.61. The summed E-state index contributed by atoms with van der Waals surface area (Å²) in [6.45, 7) is 9.22. The highest BCUT2D eigenvalue weighted by Crippen LogP contribution is 2.45. The third-order valence-corrected chi connectivity index (χ3v) is 4.67. The second-order valence-corrected chi connectivity index (χ2v) is 8.71. The van der Waals surface area contributed by atoms with E-state index < -0.39 is 24.1 Å². The van der Waals surface area contributed by atoms with E-state index in [2.05, 4.69) is 24.5 Å². The summed E-state index contributed by atoms with van der Waals surface area (Å²) >= 11 is 0. The smallest absolute Gasteiger partial charge is 0.407 e. The highest BCUT2D eigenvalue weighted by Gasteiger charge is 2.42. The third kappa shape index (κ3) is 10.9. The fourth-order valence-electron chi connectivity index (χ4n) is 4.05. The zero-order valence-electron chi connectivity index (χ0n) is 18.5. The molecule has 1 aliphatic rings. The van der Waals surface area contributed by atoms with Crippen LogP contribution in [0.5, 0.6) is 0 Å². The van der Waals surface area contributed by atoms with Gasteiger partial charge in [0, 0.05) is 26.4 Å². The van der Waals surface area contributed by atoms with E-state index in [1.807, 2.05) is 6.92 Å². The topological polar surface area (TPSA) is 129 Å². The molecule has 1 rings (SSSR count). The Morgan fingerprint density at radius 3 is 1.83 bits per heavy atom. The Kier molecular flexibility index (Phi) is 9.88. The van der Waals surface area contributed by atoms with Crippen LogP contribution in [0.15, 0.2) is 0 Å². The molecule has 2 N–H and O–H groups in total. The molecule has 0 aliphatic heterocycles. The van der Waals surface area contributed by atoms with Crippen LogP contribution in [0, 0.1) is 10.8 Å². The van der Waals surface area contributed by atoms with Crippen molar-refractivity contribution in [3.8, 4) is 0 Å². The van der Waals surface area contributed by atoms with E-state index in [1.54, 1.807) is 0 Å². The van der Waals surface area contributed by atoms with Gasteiger partial charge in [0.25, 0.3) is 0 Å². The van der Waals surface area contributed by atoms with E-state index in [0.29, 0.717) is 13.0 Å². The molecule has 30 heavy (non-hydrogen) atoms. The molecule has 2 atom stereocenters. The summed E-state index contributed by atoms with van der Waals surface area (Å²) in [6, 6.07) is -0.123. The molecule has 0 spiro atoms. The van der Waals surface area contributed by atoms with Crippen molar-refractivity contribution >= 4 is 24.1 Å². The van der Waals surface area contributed by atoms with Gasteiger partial charge >= 0.3 is 24.1 Å². The molecule has 1 aliphatic carbocycles. The van der Waals surface area contributed by atoms with Crippen molar-refractivity contribution in [2.45, 2.75) is 59.9 Å². The van der Waals surface area contributed by atoms with Gasteiger partial charge in [0.2, 0.25) is 0 Å². The Morgan fingerprint density at radius 2 is 1.30 bits per heavy atom. The minimum absolute atomic E-state index is 0.0125. The quantitative estimate of drug-likeness (QED) is 0.323. The molecule has 10 nitrogen and oxygen atoms in total. The first kappa shape index (κ1) is 25.5. The van der Waals surface area contributed by atoms with Gasteiger partial charge in [-0.15, -0.1) is 0 Å². The van der Waals surface area contributed by atoms with Gasteiger partial charge in [0.15, 0.2) is 0 Å². The number of hydrogen-bond acceptors (Lipinski definition) is 8. The zero-order valence-corrected chi connectivity index (χ0v) is 18.5. The monoisotopic (exact) mass is 430 g/mol. The highest BCUT2D eigenvalue weighted by atomic mass is 16.6. The van der Waals surface area contributed by atoms with Crippen LogP contribution in [0.2, 0.25) is 0 Å². The van der Waals surface area contributed by atoms with E-state index in [1.165, 1.54) is 13.8 Å². The molecule has 0 bridgehead atoms. The van der Waals surface area contributed by atoms with Crippen LogP contribution in [-0.4, -0.2) is 63.1 Å². The molecule has 1 saturated carbocycles. The van der Waals surface area contributed by atoms with Gasteiger partial charge in [-0.05, 0) is 30.1 Å². The lowest BCUT2D eigenvalue weighted by molar-refractivity contribution is -0.142. The molecule has 2 unspecified atom stereocenters. The van der Waals surface area contributed by atoms with Crippen LogP contribution in [0.4, 0.5) is 9.59 Å². The Morgan fingerprint density at radius 1 is 0.800 bits per heavy atom. The van der Waals surface area contributed by atoms with Gasteiger partial charge in [-0.1, -0.05) is 20.8 Å². The number of rotatable bonds is 9. The van der Waals surface area contributed by atoms with Crippen molar-refractivity contribution in [2.24, 2.45) is 10.8 Å². The van der Waals surface area contributed by atoms with Crippen LogP contribution in [-0.2, 0) is 28.5 Å². The number of carbonyl (C=O) groups is 4. The normalized spacial score (nSPS) is 22.4. The molecule has 172 valence electrons. The maximum absolute atomic E-state index is 12.0. The predicted octanol–water partition coefficient (Wildman–Crippen LogP) is 2.15. The first-order valence-electron chi connectivity index (χ1n) is 10.0. The van der Waals surface area contributed by atoms with Crippen molar-refractivity contribution in [3.63, 3.8) is 0 Å². The Labute approximate surface area is 177 Å². The van der Waals surface area contributed by atoms with E-state index in [4.69, 9.17) is 18.9 Å². The first-order valence-corrected chi connectivity index (χ1v) is 10.0. The fraction of sp³-hybridized carbons (Fsp3) is 0.800. The molecule has 0 saturated heterocycles. The van der Waals surface area contributed by atoms with Crippen molar-refractivity contribution in [2.75, 3.05) is 33.0 Å². The van der Waals surface area contributed by atoms with Gasteiger partial charge in [0.1, 0.15) is 26.4 Å². The summed E-state index contributed by atoms with van der Waals surface area (Å²) in [6.07, 6.45) is 1.14. The van der Waals surface area contributed by atoms with Crippen molar-refractivity contribution < 1.29 is 38.1 Å². The largest absolute Gasteiger partial charge is 0.462 e. The number of amides is 2. The average Bonchev–Trinajstić information content (AvgIpc) is 2.58. The number of alkyl carbamates (subject to hydrolysis) is 2. The highest BCUT2D eigenvalue weighted by molar-refractivity contribution is 5.68. The average molecular weight is 430 g/mol.